The van der Waals surface area contributed by atoms with E-state index in [0.29, 0.717) is 13.2 Å². The van der Waals surface area contributed by atoms with Gasteiger partial charge in [0.2, 0.25) is 0 Å². The van der Waals surface area contributed by atoms with Crippen LogP contribution in [0, 0.1) is 0 Å². The molecule has 0 fully saturated rings. The number of hydrogen-bond acceptors (Lipinski definition) is 2. The van der Waals surface area contributed by atoms with E-state index in [1.165, 1.54) is 5.39 Å². The maximum absolute atomic E-state index is 5.69. The highest BCUT2D eigenvalue weighted by Gasteiger charge is 2.06. The Morgan fingerprint density at radius 2 is 1.93 bits per heavy atom. The van der Waals surface area contributed by atoms with E-state index in [0.717, 1.165) is 16.7 Å². The minimum Gasteiger partial charge on any atom is -0.493 e. The molecule has 2 N–H and O–H groups in total. The van der Waals surface area contributed by atoms with Gasteiger partial charge in [-0.25, -0.2) is 0 Å². The third kappa shape index (κ3) is 1.81. The van der Waals surface area contributed by atoms with Crippen molar-refractivity contribution in [2.45, 2.75) is 13.5 Å². The van der Waals surface area contributed by atoms with E-state index in [-0.39, 0.29) is 0 Å². The Hall–Kier alpha value is -1.54. The Labute approximate surface area is 89.7 Å². The summed E-state index contributed by atoms with van der Waals surface area (Å²) in [5, 5.41) is 2.33. The van der Waals surface area contributed by atoms with Gasteiger partial charge >= 0.3 is 0 Å². The summed E-state index contributed by atoms with van der Waals surface area (Å²) < 4.78 is 5.66. The molecule has 15 heavy (non-hydrogen) atoms. The molecule has 2 heteroatoms. The van der Waals surface area contributed by atoms with E-state index in [2.05, 4.69) is 18.2 Å². The zero-order valence-corrected chi connectivity index (χ0v) is 8.86. The summed E-state index contributed by atoms with van der Waals surface area (Å²) in [4.78, 5) is 0. The summed E-state index contributed by atoms with van der Waals surface area (Å²) in [7, 11) is 0. The summed E-state index contributed by atoms with van der Waals surface area (Å²) in [5.74, 6) is 0.929. The topological polar surface area (TPSA) is 35.2 Å². The van der Waals surface area contributed by atoms with E-state index in [1.807, 2.05) is 25.1 Å². The molecule has 2 aromatic rings. The van der Waals surface area contributed by atoms with E-state index in [1.54, 1.807) is 0 Å². The van der Waals surface area contributed by atoms with Crippen LogP contribution in [0.2, 0.25) is 0 Å². The molecule has 0 aliphatic heterocycles. The Morgan fingerprint density at radius 3 is 2.67 bits per heavy atom. The molecule has 2 rings (SSSR count). The fourth-order valence-corrected chi connectivity index (χ4v) is 1.76. The Balaban J connectivity index is 2.67. The van der Waals surface area contributed by atoms with Gasteiger partial charge in [0.15, 0.2) is 0 Å². The predicted octanol–water partition coefficient (Wildman–Crippen LogP) is 2.70. The molecule has 0 spiro atoms. The van der Waals surface area contributed by atoms with Gasteiger partial charge in [-0.2, -0.15) is 0 Å². The summed E-state index contributed by atoms with van der Waals surface area (Å²) in [5.41, 5.74) is 6.76. The van der Waals surface area contributed by atoms with Gasteiger partial charge in [-0.3, -0.25) is 0 Å². The minimum atomic E-state index is 0.514. The molecule has 0 saturated heterocycles. The third-order valence-corrected chi connectivity index (χ3v) is 2.47. The molecule has 0 saturated carbocycles. The number of rotatable bonds is 3. The Kier molecular flexibility index (Phi) is 2.88. The first kappa shape index (κ1) is 9.99. The fraction of sp³-hybridized carbons (Fsp3) is 0.231. The van der Waals surface area contributed by atoms with Crippen LogP contribution in [0.25, 0.3) is 10.8 Å². The number of hydrogen-bond donors (Lipinski definition) is 1. The van der Waals surface area contributed by atoms with Crippen molar-refractivity contribution in [1.29, 1.82) is 0 Å². The lowest BCUT2D eigenvalue weighted by molar-refractivity contribution is 0.341. The normalized spacial score (nSPS) is 10.5. The highest BCUT2D eigenvalue weighted by molar-refractivity contribution is 5.89. The van der Waals surface area contributed by atoms with Crippen molar-refractivity contribution in [2.75, 3.05) is 6.61 Å². The van der Waals surface area contributed by atoms with Gasteiger partial charge < -0.3 is 10.5 Å². The molecule has 0 aromatic heterocycles. The van der Waals surface area contributed by atoms with Crippen LogP contribution in [0.1, 0.15) is 12.5 Å². The van der Waals surface area contributed by atoms with E-state index >= 15 is 0 Å². The van der Waals surface area contributed by atoms with Gasteiger partial charge in [0.1, 0.15) is 5.75 Å². The van der Waals surface area contributed by atoms with Crippen LogP contribution in [0.3, 0.4) is 0 Å². The Morgan fingerprint density at radius 1 is 1.13 bits per heavy atom. The molecule has 0 bridgehead atoms. The molecule has 0 unspecified atom stereocenters. The number of nitrogens with two attached hydrogens (primary N) is 1. The standard InChI is InChI=1S/C13H15NO/c1-2-15-13-11(9-14)8-7-10-5-3-4-6-12(10)13/h3-8H,2,9,14H2,1H3. The van der Waals surface area contributed by atoms with E-state index in [4.69, 9.17) is 10.5 Å². The highest BCUT2D eigenvalue weighted by atomic mass is 16.5. The lowest BCUT2D eigenvalue weighted by atomic mass is 10.1. The molecule has 0 aliphatic rings. The van der Waals surface area contributed by atoms with Crippen molar-refractivity contribution in [3.8, 4) is 5.75 Å². The summed E-state index contributed by atoms with van der Waals surface area (Å²) in [6.45, 7) is 3.17. The first-order valence-electron chi connectivity index (χ1n) is 5.20. The fourth-order valence-electron chi connectivity index (χ4n) is 1.76. The molecule has 0 atom stereocenters. The van der Waals surface area contributed by atoms with E-state index in [9.17, 15) is 0 Å². The molecular formula is C13H15NO. The monoisotopic (exact) mass is 201 g/mol. The van der Waals surface area contributed by atoms with Crippen molar-refractivity contribution >= 4 is 10.8 Å². The summed E-state index contributed by atoms with van der Waals surface area (Å²) >= 11 is 0. The zero-order valence-electron chi connectivity index (χ0n) is 8.86. The first-order chi connectivity index (χ1) is 7.36. The smallest absolute Gasteiger partial charge is 0.131 e. The SMILES string of the molecule is CCOc1c(CN)ccc2ccccc12. The lowest BCUT2D eigenvalue weighted by Gasteiger charge is -2.11. The van der Waals surface area contributed by atoms with Crippen LogP contribution >= 0.6 is 0 Å². The second-order valence-corrected chi connectivity index (χ2v) is 3.41. The van der Waals surface area contributed by atoms with Crippen molar-refractivity contribution in [1.82, 2.24) is 0 Å². The predicted molar refractivity (Wildman–Crippen MR) is 63.0 cm³/mol. The van der Waals surface area contributed by atoms with Crippen LogP contribution in [0.15, 0.2) is 36.4 Å². The number of fused-ring (bicyclic) bond motifs is 1. The molecule has 2 aromatic carbocycles. The average Bonchev–Trinajstić information content (AvgIpc) is 2.30. The van der Waals surface area contributed by atoms with Gasteiger partial charge in [-0.1, -0.05) is 36.4 Å². The molecule has 0 aliphatic carbocycles. The Bertz CT molecular complexity index is 465. The average molecular weight is 201 g/mol. The molecule has 0 heterocycles. The molecular weight excluding hydrogens is 186 g/mol. The van der Waals surface area contributed by atoms with Gasteiger partial charge in [0.05, 0.1) is 6.61 Å². The van der Waals surface area contributed by atoms with Crippen LogP contribution in [0.4, 0.5) is 0 Å². The molecule has 0 radical (unpaired) electrons. The third-order valence-electron chi connectivity index (χ3n) is 2.47. The van der Waals surface area contributed by atoms with Gasteiger partial charge in [-0.05, 0) is 12.3 Å². The van der Waals surface area contributed by atoms with Crippen molar-refractivity contribution < 1.29 is 4.74 Å². The van der Waals surface area contributed by atoms with Crippen LogP contribution in [0.5, 0.6) is 5.75 Å². The van der Waals surface area contributed by atoms with Gasteiger partial charge in [-0.15, -0.1) is 0 Å². The van der Waals surface area contributed by atoms with Crippen LogP contribution in [-0.4, -0.2) is 6.61 Å². The second kappa shape index (κ2) is 4.32. The van der Waals surface area contributed by atoms with Gasteiger partial charge in [0.25, 0.3) is 0 Å². The molecule has 0 amide bonds. The van der Waals surface area contributed by atoms with Crippen LogP contribution in [-0.2, 0) is 6.54 Å². The maximum atomic E-state index is 5.69. The zero-order chi connectivity index (χ0) is 10.7. The molecule has 2 nitrogen and oxygen atoms in total. The quantitative estimate of drug-likeness (QED) is 0.828. The lowest BCUT2D eigenvalue weighted by Crippen LogP contribution is -2.02. The van der Waals surface area contributed by atoms with E-state index < -0.39 is 0 Å². The van der Waals surface area contributed by atoms with Crippen molar-refractivity contribution in [3.05, 3.63) is 42.0 Å². The minimum absolute atomic E-state index is 0.514. The molecule has 78 valence electrons. The largest absolute Gasteiger partial charge is 0.493 e. The number of ether oxygens (including phenoxy) is 1. The van der Waals surface area contributed by atoms with Crippen molar-refractivity contribution in [3.63, 3.8) is 0 Å². The maximum Gasteiger partial charge on any atom is 0.131 e. The van der Waals surface area contributed by atoms with Crippen LogP contribution < -0.4 is 10.5 Å². The van der Waals surface area contributed by atoms with Gasteiger partial charge in [0, 0.05) is 17.5 Å². The number of benzene rings is 2. The summed E-state index contributed by atoms with van der Waals surface area (Å²) in [6.07, 6.45) is 0. The van der Waals surface area contributed by atoms with Crippen molar-refractivity contribution in [2.24, 2.45) is 5.73 Å². The second-order valence-electron chi connectivity index (χ2n) is 3.41. The summed E-state index contributed by atoms with van der Waals surface area (Å²) in [6, 6.07) is 12.3. The highest BCUT2D eigenvalue weighted by Crippen LogP contribution is 2.29. The first-order valence-corrected chi connectivity index (χ1v) is 5.20.